The molecule has 1 aromatic carbocycles. The van der Waals surface area contributed by atoms with Crippen molar-refractivity contribution in [3.05, 3.63) is 23.8 Å². The highest BCUT2D eigenvalue weighted by molar-refractivity contribution is 5.81. The monoisotopic (exact) mass is 205 g/mol. The van der Waals surface area contributed by atoms with Gasteiger partial charge in [0.05, 0.1) is 11.0 Å². The Bertz CT molecular complexity index is 531. The van der Waals surface area contributed by atoms with Gasteiger partial charge in [-0.05, 0) is 24.6 Å². The van der Waals surface area contributed by atoms with Gasteiger partial charge >= 0.3 is 5.97 Å². The van der Waals surface area contributed by atoms with Crippen LogP contribution in [-0.4, -0.2) is 20.6 Å². The molecule has 0 spiro atoms. The van der Waals surface area contributed by atoms with Crippen molar-refractivity contribution in [1.29, 1.82) is 0 Å². The Morgan fingerprint density at radius 3 is 3.00 bits per heavy atom. The van der Waals surface area contributed by atoms with E-state index in [1.165, 1.54) is 4.57 Å². The number of carboxylic acid groups (broad SMARTS) is 1. The Morgan fingerprint density at radius 1 is 1.60 bits per heavy atom. The van der Waals surface area contributed by atoms with Crippen LogP contribution in [0.25, 0.3) is 11.0 Å². The lowest BCUT2D eigenvalue weighted by molar-refractivity contribution is -0.137. The summed E-state index contributed by atoms with van der Waals surface area (Å²) >= 11 is 0. The maximum absolute atomic E-state index is 10.6. The van der Waals surface area contributed by atoms with Gasteiger partial charge in [0.2, 0.25) is 5.95 Å². The number of nitrogens with zero attached hydrogens (tertiary/aromatic N) is 2. The maximum Gasteiger partial charge on any atom is 0.323 e. The summed E-state index contributed by atoms with van der Waals surface area (Å²) < 4.78 is 1.48. The highest BCUT2D eigenvalue weighted by Gasteiger charge is 2.10. The van der Waals surface area contributed by atoms with Crippen molar-refractivity contribution < 1.29 is 9.90 Å². The number of nitrogens with two attached hydrogens (primary N) is 1. The predicted molar refractivity (Wildman–Crippen MR) is 56.5 cm³/mol. The summed E-state index contributed by atoms with van der Waals surface area (Å²) in [6, 6.07) is 5.61. The third-order valence-electron chi connectivity index (χ3n) is 2.23. The largest absolute Gasteiger partial charge is 0.480 e. The predicted octanol–water partition coefficient (Wildman–Crippen LogP) is 1.01. The van der Waals surface area contributed by atoms with Gasteiger partial charge < -0.3 is 10.8 Å². The van der Waals surface area contributed by atoms with Gasteiger partial charge in [0.1, 0.15) is 6.54 Å². The van der Waals surface area contributed by atoms with E-state index in [1.807, 2.05) is 25.1 Å². The van der Waals surface area contributed by atoms with Gasteiger partial charge in [-0.2, -0.15) is 0 Å². The lowest BCUT2D eigenvalue weighted by Gasteiger charge is -2.01. The first kappa shape index (κ1) is 9.51. The number of rotatable bonds is 2. The van der Waals surface area contributed by atoms with Crippen LogP contribution in [0.5, 0.6) is 0 Å². The molecule has 0 aliphatic heterocycles. The lowest BCUT2D eigenvalue weighted by Crippen LogP contribution is -2.11. The second kappa shape index (κ2) is 3.27. The first-order chi connectivity index (χ1) is 7.08. The van der Waals surface area contributed by atoms with E-state index < -0.39 is 5.97 Å². The van der Waals surface area contributed by atoms with Crippen LogP contribution in [0.4, 0.5) is 5.95 Å². The third kappa shape index (κ3) is 1.63. The van der Waals surface area contributed by atoms with Gasteiger partial charge in [-0.25, -0.2) is 4.98 Å². The van der Waals surface area contributed by atoms with Crippen molar-refractivity contribution in [3.8, 4) is 0 Å². The highest BCUT2D eigenvalue weighted by atomic mass is 16.4. The zero-order valence-electron chi connectivity index (χ0n) is 8.27. The van der Waals surface area contributed by atoms with E-state index in [4.69, 9.17) is 10.8 Å². The van der Waals surface area contributed by atoms with Crippen LogP contribution >= 0.6 is 0 Å². The molecule has 0 unspecified atom stereocenters. The molecule has 0 aliphatic carbocycles. The van der Waals surface area contributed by atoms with E-state index in [1.54, 1.807) is 0 Å². The van der Waals surface area contributed by atoms with E-state index >= 15 is 0 Å². The normalized spacial score (nSPS) is 10.7. The van der Waals surface area contributed by atoms with Gasteiger partial charge in [0.15, 0.2) is 0 Å². The Hall–Kier alpha value is -2.04. The molecule has 0 radical (unpaired) electrons. The minimum atomic E-state index is -0.929. The number of fused-ring (bicyclic) bond motifs is 1. The van der Waals surface area contributed by atoms with E-state index in [9.17, 15) is 4.79 Å². The van der Waals surface area contributed by atoms with Crippen molar-refractivity contribution in [3.63, 3.8) is 0 Å². The Kier molecular flexibility index (Phi) is 2.07. The number of aryl methyl sites for hydroxylation is 1. The molecular formula is C10H11N3O2. The maximum atomic E-state index is 10.6. The van der Waals surface area contributed by atoms with Gasteiger partial charge in [-0.1, -0.05) is 6.07 Å². The van der Waals surface area contributed by atoms with Crippen molar-refractivity contribution in [2.45, 2.75) is 13.5 Å². The second-order valence-corrected chi connectivity index (χ2v) is 3.44. The van der Waals surface area contributed by atoms with Crippen LogP contribution in [0.15, 0.2) is 18.2 Å². The molecule has 3 N–H and O–H groups in total. The summed E-state index contributed by atoms with van der Waals surface area (Å²) in [5, 5.41) is 8.72. The number of carbonyl (C=O) groups is 1. The molecule has 0 atom stereocenters. The molecule has 2 rings (SSSR count). The smallest absolute Gasteiger partial charge is 0.323 e. The summed E-state index contributed by atoms with van der Waals surface area (Å²) in [7, 11) is 0. The van der Waals surface area contributed by atoms with Crippen molar-refractivity contribution >= 4 is 23.0 Å². The fourth-order valence-electron chi connectivity index (χ4n) is 1.56. The van der Waals surface area contributed by atoms with Crippen LogP contribution in [0.1, 0.15) is 5.56 Å². The number of hydrogen-bond acceptors (Lipinski definition) is 3. The number of hydrogen-bond donors (Lipinski definition) is 2. The zero-order valence-corrected chi connectivity index (χ0v) is 8.27. The van der Waals surface area contributed by atoms with Crippen LogP contribution < -0.4 is 5.73 Å². The van der Waals surface area contributed by atoms with Gasteiger partial charge in [-0.15, -0.1) is 0 Å². The number of aliphatic carboxylic acids is 1. The molecular weight excluding hydrogens is 194 g/mol. The summed E-state index contributed by atoms with van der Waals surface area (Å²) in [5.41, 5.74) is 8.19. The zero-order chi connectivity index (χ0) is 11.0. The van der Waals surface area contributed by atoms with Crippen LogP contribution in [0.3, 0.4) is 0 Å². The summed E-state index contributed by atoms with van der Waals surface area (Å²) in [6.45, 7) is 1.79. The summed E-state index contributed by atoms with van der Waals surface area (Å²) in [5.74, 6) is -0.695. The Labute approximate surface area is 86.1 Å². The van der Waals surface area contributed by atoms with Crippen molar-refractivity contribution in [1.82, 2.24) is 9.55 Å². The van der Waals surface area contributed by atoms with Crippen LogP contribution in [0.2, 0.25) is 0 Å². The van der Waals surface area contributed by atoms with E-state index in [-0.39, 0.29) is 12.5 Å². The fraction of sp³-hybridized carbons (Fsp3) is 0.200. The minimum Gasteiger partial charge on any atom is -0.480 e. The molecule has 0 amide bonds. The SMILES string of the molecule is Cc1ccc2c(c1)nc(N)n2CC(=O)O. The highest BCUT2D eigenvalue weighted by Crippen LogP contribution is 2.18. The molecule has 0 aliphatic rings. The van der Waals surface area contributed by atoms with Gasteiger partial charge in [0, 0.05) is 0 Å². The molecule has 5 nitrogen and oxygen atoms in total. The molecule has 1 heterocycles. The number of carboxylic acids is 1. The molecule has 5 heteroatoms. The number of imidazole rings is 1. The molecule has 0 saturated heterocycles. The Morgan fingerprint density at radius 2 is 2.33 bits per heavy atom. The molecule has 0 bridgehead atoms. The first-order valence-corrected chi connectivity index (χ1v) is 4.52. The molecule has 0 saturated carbocycles. The minimum absolute atomic E-state index is 0.161. The first-order valence-electron chi connectivity index (χ1n) is 4.52. The number of aromatic nitrogens is 2. The van der Waals surface area contributed by atoms with Crippen molar-refractivity contribution in [2.24, 2.45) is 0 Å². The van der Waals surface area contributed by atoms with Gasteiger partial charge in [-0.3, -0.25) is 9.36 Å². The number of nitrogen functional groups attached to an aromatic ring is 1. The second-order valence-electron chi connectivity index (χ2n) is 3.44. The molecule has 2 aromatic rings. The van der Waals surface area contributed by atoms with E-state index in [0.29, 0.717) is 0 Å². The molecule has 1 aromatic heterocycles. The van der Waals surface area contributed by atoms with E-state index in [0.717, 1.165) is 16.6 Å². The summed E-state index contributed by atoms with van der Waals surface area (Å²) in [6.07, 6.45) is 0. The van der Waals surface area contributed by atoms with E-state index in [2.05, 4.69) is 4.98 Å². The summed E-state index contributed by atoms with van der Waals surface area (Å²) in [4.78, 5) is 14.7. The molecule has 0 fully saturated rings. The number of benzene rings is 1. The average Bonchev–Trinajstić information content (AvgIpc) is 2.41. The Balaban J connectivity index is 2.63. The topological polar surface area (TPSA) is 81.1 Å². The van der Waals surface area contributed by atoms with Crippen LogP contribution in [-0.2, 0) is 11.3 Å². The number of anilines is 1. The quantitative estimate of drug-likeness (QED) is 0.766. The van der Waals surface area contributed by atoms with Crippen molar-refractivity contribution in [2.75, 3.05) is 5.73 Å². The van der Waals surface area contributed by atoms with Crippen LogP contribution in [0, 0.1) is 6.92 Å². The molecule has 78 valence electrons. The lowest BCUT2D eigenvalue weighted by atomic mass is 10.2. The third-order valence-corrected chi connectivity index (χ3v) is 2.23. The average molecular weight is 205 g/mol. The fourth-order valence-corrected chi connectivity index (χ4v) is 1.56. The standard InChI is InChI=1S/C10H11N3O2/c1-6-2-3-8-7(4-6)12-10(11)13(8)5-9(14)15/h2-4H,5H2,1H3,(H2,11,12)(H,14,15). The molecule has 15 heavy (non-hydrogen) atoms. The van der Waals surface area contributed by atoms with Gasteiger partial charge in [0.25, 0.3) is 0 Å².